The number of alkyl halides is 3. The van der Waals surface area contributed by atoms with Gasteiger partial charge in [0, 0.05) is 17.5 Å². The summed E-state index contributed by atoms with van der Waals surface area (Å²) in [5.74, 6) is -0.0922. The first-order valence-electron chi connectivity index (χ1n) is 8.55. The molecule has 3 rings (SSSR count). The van der Waals surface area contributed by atoms with Gasteiger partial charge in [-0.05, 0) is 23.8 Å². The highest BCUT2D eigenvalue weighted by atomic mass is 35.5. The largest absolute Gasteiger partial charge is 0.484 e. The topological polar surface area (TPSA) is 51.2 Å². The third-order valence-electron chi connectivity index (χ3n) is 3.81. The zero-order valence-corrected chi connectivity index (χ0v) is 16.6. The molecule has 2 aromatic carbocycles. The highest BCUT2D eigenvalue weighted by molar-refractivity contribution is 7.13. The van der Waals surface area contributed by atoms with E-state index in [9.17, 15) is 18.0 Å². The van der Waals surface area contributed by atoms with Crippen LogP contribution in [0.1, 0.15) is 11.3 Å². The van der Waals surface area contributed by atoms with Crippen molar-refractivity contribution in [1.82, 2.24) is 10.3 Å². The molecule has 9 heteroatoms. The Hall–Kier alpha value is -2.58. The monoisotopic (exact) mass is 440 g/mol. The molecule has 0 aliphatic heterocycles. The fraction of sp³-hybridized carbons (Fsp3) is 0.200. The van der Waals surface area contributed by atoms with E-state index in [1.54, 1.807) is 18.2 Å². The van der Waals surface area contributed by atoms with Gasteiger partial charge < -0.3 is 10.1 Å². The maximum Gasteiger partial charge on any atom is 0.422 e. The van der Waals surface area contributed by atoms with Gasteiger partial charge in [0.1, 0.15) is 10.8 Å². The van der Waals surface area contributed by atoms with Crippen molar-refractivity contribution >= 4 is 28.8 Å². The molecule has 0 aliphatic carbocycles. The zero-order valence-electron chi connectivity index (χ0n) is 15.0. The second-order valence-corrected chi connectivity index (χ2v) is 7.39. The molecule has 29 heavy (non-hydrogen) atoms. The zero-order chi connectivity index (χ0) is 20.9. The number of halogens is 4. The highest BCUT2D eigenvalue weighted by Crippen LogP contribution is 2.30. The molecule has 0 unspecified atom stereocenters. The first-order valence-corrected chi connectivity index (χ1v) is 9.80. The molecule has 3 aromatic rings. The van der Waals surface area contributed by atoms with Gasteiger partial charge in [0.25, 0.3) is 0 Å². The Balaban J connectivity index is 1.50. The SMILES string of the molecule is O=C(Cc1csc(-c2ccccc2Cl)n1)NCc1ccc(OCC(F)(F)F)cc1. The van der Waals surface area contributed by atoms with Gasteiger partial charge in [-0.3, -0.25) is 4.79 Å². The minimum Gasteiger partial charge on any atom is -0.484 e. The predicted octanol–water partition coefficient (Wildman–Crippen LogP) is 5.26. The lowest BCUT2D eigenvalue weighted by atomic mass is 10.2. The number of benzene rings is 2. The van der Waals surface area contributed by atoms with E-state index in [-0.39, 0.29) is 24.6 Å². The molecule has 0 saturated heterocycles. The Bertz CT molecular complexity index is 974. The maximum absolute atomic E-state index is 12.2. The van der Waals surface area contributed by atoms with Crippen molar-refractivity contribution in [3.05, 3.63) is 70.2 Å². The molecule has 1 heterocycles. The molecular weight excluding hydrogens is 425 g/mol. The average molecular weight is 441 g/mol. The predicted molar refractivity (Wildman–Crippen MR) is 106 cm³/mol. The second-order valence-electron chi connectivity index (χ2n) is 6.13. The quantitative estimate of drug-likeness (QED) is 0.545. The molecule has 0 atom stereocenters. The molecule has 0 bridgehead atoms. The standard InChI is InChI=1S/C20H16ClF3N2O2S/c21-17-4-2-1-3-16(17)19-26-14(11-29-19)9-18(27)25-10-13-5-7-15(8-6-13)28-12-20(22,23)24/h1-8,11H,9-10,12H2,(H,25,27). The van der Waals surface area contributed by atoms with E-state index in [0.29, 0.717) is 10.7 Å². The van der Waals surface area contributed by atoms with Crippen LogP contribution in [0.5, 0.6) is 5.75 Å². The summed E-state index contributed by atoms with van der Waals surface area (Å²) in [5.41, 5.74) is 2.20. The molecule has 1 amide bonds. The summed E-state index contributed by atoms with van der Waals surface area (Å²) in [6, 6.07) is 13.4. The second kappa shape index (κ2) is 9.28. The number of aromatic nitrogens is 1. The van der Waals surface area contributed by atoms with Crippen molar-refractivity contribution in [2.45, 2.75) is 19.1 Å². The van der Waals surface area contributed by atoms with Crippen LogP contribution in [-0.4, -0.2) is 23.7 Å². The molecule has 0 aliphatic rings. The van der Waals surface area contributed by atoms with E-state index in [4.69, 9.17) is 11.6 Å². The van der Waals surface area contributed by atoms with Crippen LogP contribution in [0.2, 0.25) is 5.02 Å². The minimum atomic E-state index is -4.38. The van der Waals surface area contributed by atoms with Gasteiger partial charge in [0.05, 0.1) is 17.1 Å². The molecule has 4 nitrogen and oxygen atoms in total. The number of ether oxygens (including phenoxy) is 1. The van der Waals surface area contributed by atoms with Gasteiger partial charge in [0.15, 0.2) is 6.61 Å². The molecule has 0 radical (unpaired) electrons. The van der Waals surface area contributed by atoms with Gasteiger partial charge in [-0.1, -0.05) is 41.9 Å². The van der Waals surface area contributed by atoms with Crippen LogP contribution in [0.4, 0.5) is 13.2 Å². The molecule has 1 aromatic heterocycles. The van der Waals surface area contributed by atoms with Crippen LogP contribution in [0, 0.1) is 0 Å². The lowest BCUT2D eigenvalue weighted by Crippen LogP contribution is -2.24. The molecule has 0 saturated carbocycles. The van der Waals surface area contributed by atoms with Gasteiger partial charge >= 0.3 is 6.18 Å². The number of carbonyl (C=O) groups is 1. The van der Waals surface area contributed by atoms with Crippen molar-refractivity contribution in [2.75, 3.05) is 6.61 Å². The van der Waals surface area contributed by atoms with Gasteiger partial charge in [-0.2, -0.15) is 13.2 Å². The summed E-state index contributed by atoms with van der Waals surface area (Å²) in [6.45, 7) is -1.09. The summed E-state index contributed by atoms with van der Waals surface area (Å²) < 4.78 is 41.1. The molecule has 0 fully saturated rings. The average Bonchev–Trinajstić information content (AvgIpc) is 3.13. The van der Waals surface area contributed by atoms with Crippen molar-refractivity contribution in [3.8, 4) is 16.3 Å². The number of hydrogen-bond donors (Lipinski definition) is 1. The van der Waals surface area contributed by atoms with E-state index in [0.717, 1.165) is 16.1 Å². The number of thiazole rings is 1. The number of amides is 1. The number of carbonyl (C=O) groups excluding carboxylic acids is 1. The number of nitrogens with one attached hydrogen (secondary N) is 1. The Kier molecular flexibility index (Phi) is 6.76. The van der Waals surface area contributed by atoms with Crippen LogP contribution in [-0.2, 0) is 17.8 Å². The van der Waals surface area contributed by atoms with E-state index in [2.05, 4.69) is 15.0 Å². The maximum atomic E-state index is 12.2. The van der Waals surface area contributed by atoms with E-state index >= 15 is 0 Å². The van der Waals surface area contributed by atoms with Crippen molar-refractivity contribution < 1.29 is 22.7 Å². The summed E-state index contributed by atoms with van der Waals surface area (Å²) in [5, 5.41) is 5.91. The Labute approximate surface area is 174 Å². The van der Waals surface area contributed by atoms with Crippen LogP contribution in [0.25, 0.3) is 10.6 Å². The fourth-order valence-electron chi connectivity index (χ4n) is 2.44. The molecule has 152 valence electrons. The summed E-state index contributed by atoms with van der Waals surface area (Å²) in [4.78, 5) is 16.6. The third kappa shape index (κ3) is 6.47. The number of rotatable bonds is 7. The molecule has 1 N–H and O–H groups in total. The Morgan fingerprint density at radius 3 is 2.55 bits per heavy atom. The van der Waals surface area contributed by atoms with Crippen molar-refractivity contribution in [1.29, 1.82) is 0 Å². The fourth-order valence-corrected chi connectivity index (χ4v) is 3.58. The molecule has 0 spiro atoms. The van der Waals surface area contributed by atoms with Crippen LogP contribution in [0.15, 0.2) is 53.9 Å². The van der Waals surface area contributed by atoms with Gasteiger partial charge in [0.2, 0.25) is 5.91 Å². The minimum absolute atomic E-state index is 0.118. The van der Waals surface area contributed by atoms with Crippen LogP contribution < -0.4 is 10.1 Å². The first kappa shape index (κ1) is 21.1. The summed E-state index contributed by atoms with van der Waals surface area (Å²) in [7, 11) is 0. The number of nitrogens with zero attached hydrogens (tertiary/aromatic N) is 1. The van der Waals surface area contributed by atoms with Crippen molar-refractivity contribution in [2.24, 2.45) is 0 Å². The number of hydrogen-bond acceptors (Lipinski definition) is 4. The first-order chi connectivity index (χ1) is 13.8. The summed E-state index contributed by atoms with van der Waals surface area (Å²) in [6.07, 6.45) is -4.26. The lowest BCUT2D eigenvalue weighted by molar-refractivity contribution is -0.153. The van der Waals surface area contributed by atoms with Gasteiger partial charge in [-0.15, -0.1) is 11.3 Å². The Morgan fingerprint density at radius 2 is 1.86 bits per heavy atom. The normalized spacial score (nSPS) is 11.3. The van der Waals surface area contributed by atoms with E-state index in [1.165, 1.54) is 23.5 Å². The smallest absolute Gasteiger partial charge is 0.422 e. The van der Waals surface area contributed by atoms with E-state index in [1.807, 2.05) is 23.6 Å². The van der Waals surface area contributed by atoms with Crippen molar-refractivity contribution in [3.63, 3.8) is 0 Å². The third-order valence-corrected chi connectivity index (χ3v) is 5.07. The Morgan fingerprint density at radius 1 is 1.14 bits per heavy atom. The summed E-state index contributed by atoms with van der Waals surface area (Å²) >= 11 is 7.58. The lowest BCUT2D eigenvalue weighted by Gasteiger charge is -2.10. The van der Waals surface area contributed by atoms with E-state index < -0.39 is 12.8 Å². The van der Waals surface area contributed by atoms with Crippen LogP contribution >= 0.6 is 22.9 Å². The molecular formula is C20H16ClF3N2O2S. The van der Waals surface area contributed by atoms with Crippen LogP contribution in [0.3, 0.4) is 0 Å². The van der Waals surface area contributed by atoms with Gasteiger partial charge in [-0.25, -0.2) is 4.98 Å². The highest BCUT2D eigenvalue weighted by Gasteiger charge is 2.28.